The molecule has 0 aliphatic carbocycles. The SMILES string of the molecule is [Re].c1ccc2nc(-c3ccc4ccccc4n3)ccc2c1. The van der Waals surface area contributed by atoms with E-state index < -0.39 is 0 Å². The average Bonchev–Trinajstić information content (AvgIpc) is 2.54. The quantitative estimate of drug-likeness (QED) is 0.435. The molecule has 0 aliphatic rings. The van der Waals surface area contributed by atoms with Gasteiger partial charge in [-0.05, 0) is 24.3 Å². The number of fused-ring (bicyclic) bond motifs is 2. The summed E-state index contributed by atoms with van der Waals surface area (Å²) in [5.74, 6) is 0. The Hall–Kier alpha value is -2.08. The van der Waals surface area contributed by atoms with Crippen molar-refractivity contribution in [2.45, 2.75) is 0 Å². The first-order valence-electron chi connectivity index (χ1n) is 6.62. The van der Waals surface area contributed by atoms with E-state index in [0.717, 1.165) is 33.2 Å². The first-order valence-corrected chi connectivity index (χ1v) is 6.62. The van der Waals surface area contributed by atoms with E-state index in [4.69, 9.17) is 0 Å². The number of nitrogens with zero attached hydrogens (tertiary/aromatic N) is 2. The molecule has 0 N–H and O–H groups in total. The maximum Gasteiger partial charge on any atom is 0.0894 e. The number of hydrogen-bond donors (Lipinski definition) is 0. The van der Waals surface area contributed by atoms with E-state index in [-0.39, 0.29) is 20.4 Å². The van der Waals surface area contributed by atoms with E-state index in [9.17, 15) is 0 Å². The summed E-state index contributed by atoms with van der Waals surface area (Å²) in [5.41, 5.74) is 3.82. The number of hydrogen-bond acceptors (Lipinski definition) is 2. The minimum atomic E-state index is 0. The standard InChI is InChI=1S/C18H12N2.Re/c1-3-7-15-13(5-1)9-11-17(19-15)18-12-10-14-6-2-4-8-16(14)20-18;/h1-12H;. The van der Waals surface area contributed by atoms with Crippen LogP contribution in [0.3, 0.4) is 0 Å². The Labute approximate surface area is 136 Å². The maximum atomic E-state index is 4.69. The van der Waals surface area contributed by atoms with E-state index in [0.29, 0.717) is 0 Å². The van der Waals surface area contributed by atoms with Gasteiger partial charge in [0, 0.05) is 31.2 Å². The number of pyridine rings is 2. The van der Waals surface area contributed by atoms with Gasteiger partial charge in [0.1, 0.15) is 0 Å². The Balaban J connectivity index is 0.00000132. The van der Waals surface area contributed by atoms with Crippen LogP contribution >= 0.6 is 0 Å². The molecule has 21 heavy (non-hydrogen) atoms. The number of benzene rings is 2. The van der Waals surface area contributed by atoms with Gasteiger partial charge < -0.3 is 0 Å². The van der Waals surface area contributed by atoms with Crippen molar-refractivity contribution in [2.24, 2.45) is 0 Å². The smallest absolute Gasteiger partial charge is 0.0894 e. The number of aromatic nitrogens is 2. The Morgan fingerprint density at radius 1 is 0.476 bits per heavy atom. The van der Waals surface area contributed by atoms with E-state index in [2.05, 4.69) is 34.2 Å². The summed E-state index contributed by atoms with van der Waals surface area (Å²) >= 11 is 0. The van der Waals surface area contributed by atoms with Crippen LogP contribution in [0.25, 0.3) is 33.2 Å². The topological polar surface area (TPSA) is 25.8 Å². The van der Waals surface area contributed by atoms with Crippen LogP contribution in [0.2, 0.25) is 0 Å². The van der Waals surface area contributed by atoms with Crippen LogP contribution in [0.4, 0.5) is 0 Å². The molecule has 0 bridgehead atoms. The molecule has 0 unspecified atom stereocenters. The van der Waals surface area contributed by atoms with Crippen molar-refractivity contribution in [3.05, 3.63) is 72.8 Å². The predicted molar refractivity (Wildman–Crippen MR) is 82.5 cm³/mol. The van der Waals surface area contributed by atoms with Crippen LogP contribution in [0.15, 0.2) is 72.8 Å². The largest absolute Gasteiger partial charge is 0.246 e. The second-order valence-electron chi connectivity index (χ2n) is 4.78. The van der Waals surface area contributed by atoms with Crippen molar-refractivity contribution in [2.75, 3.05) is 0 Å². The molecular formula is C18H12N2Re. The van der Waals surface area contributed by atoms with Gasteiger partial charge in [0.15, 0.2) is 0 Å². The Morgan fingerprint density at radius 3 is 1.38 bits per heavy atom. The molecule has 0 atom stereocenters. The van der Waals surface area contributed by atoms with Crippen molar-refractivity contribution >= 4 is 21.8 Å². The molecule has 3 heteroatoms. The molecule has 0 amide bonds. The Bertz CT molecular complexity index is 841. The third kappa shape index (κ3) is 2.59. The summed E-state index contributed by atoms with van der Waals surface area (Å²) in [7, 11) is 0. The summed E-state index contributed by atoms with van der Waals surface area (Å²) in [6.07, 6.45) is 0. The van der Waals surface area contributed by atoms with Gasteiger partial charge >= 0.3 is 0 Å². The molecule has 0 aliphatic heterocycles. The summed E-state index contributed by atoms with van der Waals surface area (Å²) < 4.78 is 0. The molecule has 4 aromatic rings. The fraction of sp³-hybridized carbons (Fsp3) is 0. The second-order valence-corrected chi connectivity index (χ2v) is 4.78. The monoisotopic (exact) mass is 443 g/mol. The molecule has 2 heterocycles. The zero-order chi connectivity index (χ0) is 13.4. The van der Waals surface area contributed by atoms with Gasteiger partial charge in [0.25, 0.3) is 0 Å². The van der Waals surface area contributed by atoms with E-state index in [1.165, 1.54) is 0 Å². The van der Waals surface area contributed by atoms with Crippen LogP contribution in [0, 0.1) is 0 Å². The van der Waals surface area contributed by atoms with Crippen molar-refractivity contribution in [1.29, 1.82) is 0 Å². The van der Waals surface area contributed by atoms with Crippen LogP contribution in [-0.4, -0.2) is 9.97 Å². The predicted octanol–water partition coefficient (Wildman–Crippen LogP) is 4.45. The fourth-order valence-corrected chi connectivity index (χ4v) is 2.42. The van der Waals surface area contributed by atoms with E-state index >= 15 is 0 Å². The van der Waals surface area contributed by atoms with Crippen LogP contribution in [-0.2, 0) is 20.4 Å². The van der Waals surface area contributed by atoms with E-state index in [1.807, 2.05) is 48.5 Å². The fourth-order valence-electron chi connectivity index (χ4n) is 2.42. The zero-order valence-electron chi connectivity index (χ0n) is 11.2. The van der Waals surface area contributed by atoms with Crippen molar-refractivity contribution < 1.29 is 20.4 Å². The van der Waals surface area contributed by atoms with Gasteiger partial charge in [-0.3, -0.25) is 0 Å². The van der Waals surface area contributed by atoms with Crippen LogP contribution in [0.5, 0.6) is 0 Å². The summed E-state index contributed by atoms with van der Waals surface area (Å²) in [4.78, 5) is 9.38. The molecule has 4 rings (SSSR count). The van der Waals surface area contributed by atoms with Crippen molar-refractivity contribution in [3.8, 4) is 11.4 Å². The third-order valence-electron chi connectivity index (χ3n) is 3.46. The zero-order valence-corrected chi connectivity index (χ0v) is 13.9. The van der Waals surface area contributed by atoms with Gasteiger partial charge in [-0.15, -0.1) is 0 Å². The average molecular weight is 443 g/mol. The van der Waals surface area contributed by atoms with Gasteiger partial charge in [0.05, 0.1) is 22.4 Å². The maximum absolute atomic E-state index is 4.69. The third-order valence-corrected chi connectivity index (χ3v) is 3.46. The molecule has 2 aromatic carbocycles. The summed E-state index contributed by atoms with van der Waals surface area (Å²) in [6.45, 7) is 0. The molecule has 101 valence electrons. The minimum absolute atomic E-state index is 0. The number of para-hydroxylation sites is 2. The molecule has 0 spiro atoms. The van der Waals surface area contributed by atoms with Gasteiger partial charge in [-0.25, -0.2) is 9.97 Å². The van der Waals surface area contributed by atoms with E-state index in [1.54, 1.807) is 0 Å². The Kier molecular flexibility index (Phi) is 3.79. The molecule has 2 aromatic heterocycles. The molecular weight excluding hydrogens is 430 g/mol. The molecule has 0 saturated heterocycles. The second kappa shape index (κ2) is 5.73. The van der Waals surface area contributed by atoms with Gasteiger partial charge in [-0.1, -0.05) is 48.5 Å². The summed E-state index contributed by atoms with van der Waals surface area (Å²) in [6, 6.07) is 24.5. The first kappa shape index (κ1) is 13.9. The Morgan fingerprint density at radius 2 is 0.905 bits per heavy atom. The molecule has 0 fully saturated rings. The molecule has 2 nitrogen and oxygen atoms in total. The van der Waals surface area contributed by atoms with Crippen LogP contribution < -0.4 is 0 Å². The van der Waals surface area contributed by atoms with Crippen molar-refractivity contribution in [3.63, 3.8) is 0 Å². The van der Waals surface area contributed by atoms with Crippen molar-refractivity contribution in [1.82, 2.24) is 9.97 Å². The minimum Gasteiger partial charge on any atom is -0.246 e. The first-order chi connectivity index (χ1) is 9.90. The van der Waals surface area contributed by atoms with Gasteiger partial charge in [0.2, 0.25) is 0 Å². The molecule has 1 radical (unpaired) electrons. The van der Waals surface area contributed by atoms with Gasteiger partial charge in [-0.2, -0.15) is 0 Å². The molecule has 0 saturated carbocycles. The normalized spacial score (nSPS) is 10.5. The summed E-state index contributed by atoms with van der Waals surface area (Å²) in [5, 5.41) is 2.30. The number of rotatable bonds is 1. The van der Waals surface area contributed by atoms with Crippen LogP contribution in [0.1, 0.15) is 0 Å².